The average Bonchev–Trinajstić information content (AvgIpc) is 2.92. The van der Waals surface area contributed by atoms with E-state index in [1.54, 1.807) is 0 Å². The minimum atomic E-state index is -0.0585. The maximum atomic E-state index is 12.9. The van der Waals surface area contributed by atoms with E-state index in [2.05, 4.69) is 27.7 Å². The molecule has 0 rings (SSSR count). The molecule has 0 aromatic carbocycles. The molecule has 0 fully saturated rings. The Kier molecular flexibility index (Phi) is 29.8. The molecule has 0 aliphatic rings. The van der Waals surface area contributed by atoms with Gasteiger partial charge in [-0.15, -0.1) is 0 Å². The van der Waals surface area contributed by atoms with Gasteiger partial charge in [0.15, 0.2) is 0 Å². The lowest BCUT2D eigenvalue weighted by molar-refractivity contribution is -0.129. The SMILES string of the molecule is CCCCCCCCCCCCCCCC(=O)CC(C(=O)CCCCCCCCCCCCCCC)C(C)C. The molecule has 2 nitrogen and oxygen atoms in total. The molecule has 0 spiro atoms. The zero-order valence-corrected chi connectivity index (χ0v) is 27.5. The number of ketones is 2. The van der Waals surface area contributed by atoms with Crippen molar-refractivity contribution in [3.05, 3.63) is 0 Å². The van der Waals surface area contributed by atoms with Crippen LogP contribution in [0.5, 0.6) is 0 Å². The van der Waals surface area contributed by atoms with Crippen LogP contribution in [0.15, 0.2) is 0 Å². The predicted octanol–water partition coefficient (Wildman–Crippen LogP) is 12.7. The largest absolute Gasteiger partial charge is 0.300 e. The van der Waals surface area contributed by atoms with Gasteiger partial charge in [-0.1, -0.05) is 182 Å². The van der Waals surface area contributed by atoms with Crippen LogP contribution < -0.4 is 0 Å². The van der Waals surface area contributed by atoms with Crippen molar-refractivity contribution in [1.82, 2.24) is 0 Å². The highest BCUT2D eigenvalue weighted by Crippen LogP contribution is 2.22. The van der Waals surface area contributed by atoms with Crippen molar-refractivity contribution in [1.29, 1.82) is 0 Å². The molecule has 0 amide bonds. The Morgan fingerprint density at radius 2 is 0.692 bits per heavy atom. The second kappa shape index (κ2) is 30.3. The van der Waals surface area contributed by atoms with Gasteiger partial charge in [0.2, 0.25) is 0 Å². The molecule has 0 saturated heterocycles. The lowest BCUT2D eigenvalue weighted by Crippen LogP contribution is -2.23. The number of hydrogen-bond acceptors (Lipinski definition) is 2. The quantitative estimate of drug-likeness (QED) is 0.0783. The normalized spacial score (nSPS) is 12.3. The molecule has 2 heteroatoms. The molecule has 0 N–H and O–H groups in total. The molecule has 232 valence electrons. The van der Waals surface area contributed by atoms with Crippen LogP contribution in [0, 0.1) is 11.8 Å². The monoisotopic (exact) mass is 549 g/mol. The Morgan fingerprint density at radius 3 is 1.00 bits per heavy atom. The molecule has 0 aliphatic carbocycles. The molecule has 0 aromatic heterocycles. The molecular weight excluding hydrogens is 476 g/mol. The third kappa shape index (κ3) is 27.3. The van der Waals surface area contributed by atoms with Gasteiger partial charge in [0.25, 0.3) is 0 Å². The fourth-order valence-electron chi connectivity index (χ4n) is 5.91. The third-order valence-electron chi connectivity index (χ3n) is 8.75. The Morgan fingerprint density at radius 1 is 0.410 bits per heavy atom. The van der Waals surface area contributed by atoms with Gasteiger partial charge in [-0.2, -0.15) is 0 Å². The van der Waals surface area contributed by atoms with Crippen LogP contribution in [-0.4, -0.2) is 11.6 Å². The zero-order valence-electron chi connectivity index (χ0n) is 27.5. The molecule has 0 radical (unpaired) electrons. The summed E-state index contributed by atoms with van der Waals surface area (Å²) < 4.78 is 0. The van der Waals surface area contributed by atoms with Crippen LogP contribution in [0.4, 0.5) is 0 Å². The van der Waals surface area contributed by atoms with Crippen LogP contribution in [-0.2, 0) is 9.59 Å². The summed E-state index contributed by atoms with van der Waals surface area (Å²) in [4.78, 5) is 25.5. The number of rotatable bonds is 32. The molecular formula is C37H72O2. The van der Waals surface area contributed by atoms with Gasteiger partial charge in [0.05, 0.1) is 0 Å². The first-order chi connectivity index (χ1) is 19.0. The van der Waals surface area contributed by atoms with Crippen molar-refractivity contribution in [2.45, 2.75) is 214 Å². The third-order valence-corrected chi connectivity index (χ3v) is 8.75. The number of unbranched alkanes of at least 4 members (excludes halogenated alkanes) is 24. The molecule has 0 bridgehead atoms. The van der Waals surface area contributed by atoms with E-state index in [1.165, 1.54) is 154 Å². The molecule has 0 aliphatic heterocycles. The van der Waals surface area contributed by atoms with E-state index in [0.717, 1.165) is 12.8 Å². The van der Waals surface area contributed by atoms with Crippen LogP contribution in [0.1, 0.15) is 214 Å². The van der Waals surface area contributed by atoms with Gasteiger partial charge in [-0.05, 0) is 18.8 Å². The summed E-state index contributed by atoms with van der Waals surface area (Å²) in [5.41, 5.74) is 0. The zero-order chi connectivity index (χ0) is 28.8. The first-order valence-electron chi connectivity index (χ1n) is 18.1. The Labute approximate surface area is 246 Å². The van der Waals surface area contributed by atoms with Crippen molar-refractivity contribution in [3.63, 3.8) is 0 Å². The van der Waals surface area contributed by atoms with Gasteiger partial charge in [-0.3, -0.25) is 9.59 Å². The van der Waals surface area contributed by atoms with Crippen molar-refractivity contribution in [2.75, 3.05) is 0 Å². The van der Waals surface area contributed by atoms with E-state index in [9.17, 15) is 9.59 Å². The lowest BCUT2D eigenvalue weighted by Gasteiger charge is -2.19. The lowest BCUT2D eigenvalue weighted by atomic mass is 9.84. The first-order valence-corrected chi connectivity index (χ1v) is 18.1. The topological polar surface area (TPSA) is 34.1 Å². The van der Waals surface area contributed by atoms with Crippen molar-refractivity contribution >= 4 is 11.6 Å². The van der Waals surface area contributed by atoms with Gasteiger partial charge in [0, 0.05) is 25.2 Å². The Balaban J connectivity index is 3.69. The fraction of sp³-hybridized carbons (Fsp3) is 0.946. The van der Waals surface area contributed by atoms with E-state index in [0.29, 0.717) is 30.8 Å². The van der Waals surface area contributed by atoms with Gasteiger partial charge in [0.1, 0.15) is 11.6 Å². The van der Waals surface area contributed by atoms with Crippen molar-refractivity contribution < 1.29 is 9.59 Å². The van der Waals surface area contributed by atoms with E-state index in [-0.39, 0.29) is 11.8 Å². The van der Waals surface area contributed by atoms with Crippen LogP contribution in [0.2, 0.25) is 0 Å². The standard InChI is InChI=1S/C37H72O2/c1-5-7-9-11-13-15-17-19-21-23-25-27-29-31-35(38)33-36(34(3)4)37(39)32-30-28-26-24-22-20-18-16-14-12-10-8-6-2/h34,36H,5-33H2,1-4H3. The second-order valence-electron chi connectivity index (χ2n) is 13.0. The van der Waals surface area contributed by atoms with E-state index < -0.39 is 0 Å². The van der Waals surface area contributed by atoms with Gasteiger partial charge in [-0.25, -0.2) is 0 Å². The van der Waals surface area contributed by atoms with E-state index >= 15 is 0 Å². The van der Waals surface area contributed by atoms with E-state index in [1.807, 2.05) is 0 Å². The van der Waals surface area contributed by atoms with Crippen molar-refractivity contribution in [2.24, 2.45) is 11.8 Å². The summed E-state index contributed by atoms with van der Waals surface area (Å²) in [6.45, 7) is 8.79. The summed E-state index contributed by atoms with van der Waals surface area (Å²) in [6.07, 6.45) is 36.4. The van der Waals surface area contributed by atoms with Gasteiger partial charge < -0.3 is 0 Å². The summed E-state index contributed by atoms with van der Waals surface area (Å²) in [7, 11) is 0. The van der Waals surface area contributed by atoms with E-state index in [4.69, 9.17) is 0 Å². The number of Topliss-reactive ketones (excluding diaryl/α,β-unsaturated/α-hetero) is 2. The fourth-order valence-corrected chi connectivity index (χ4v) is 5.91. The average molecular weight is 549 g/mol. The number of hydrogen-bond donors (Lipinski definition) is 0. The highest BCUT2D eigenvalue weighted by Gasteiger charge is 2.24. The van der Waals surface area contributed by atoms with Gasteiger partial charge >= 0.3 is 0 Å². The molecule has 1 atom stereocenters. The second-order valence-corrected chi connectivity index (χ2v) is 13.0. The summed E-state index contributed by atoms with van der Waals surface area (Å²) in [5, 5.41) is 0. The number of carbonyl (C=O) groups is 2. The molecule has 0 saturated carbocycles. The summed E-state index contributed by atoms with van der Waals surface area (Å²) >= 11 is 0. The number of carbonyl (C=O) groups excluding carboxylic acids is 2. The molecule has 1 unspecified atom stereocenters. The van der Waals surface area contributed by atoms with Crippen LogP contribution >= 0.6 is 0 Å². The van der Waals surface area contributed by atoms with Crippen LogP contribution in [0.25, 0.3) is 0 Å². The minimum absolute atomic E-state index is 0.0585. The van der Waals surface area contributed by atoms with Crippen molar-refractivity contribution in [3.8, 4) is 0 Å². The maximum Gasteiger partial charge on any atom is 0.136 e. The molecule has 0 heterocycles. The smallest absolute Gasteiger partial charge is 0.136 e. The minimum Gasteiger partial charge on any atom is -0.300 e. The van der Waals surface area contributed by atoms with Crippen LogP contribution in [0.3, 0.4) is 0 Å². The molecule has 0 aromatic rings. The summed E-state index contributed by atoms with van der Waals surface area (Å²) in [5.74, 6) is 0.870. The first kappa shape index (κ1) is 38.3. The summed E-state index contributed by atoms with van der Waals surface area (Å²) in [6, 6.07) is 0. The maximum absolute atomic E-state index is 12.9. The Hall–Kier alpha value is -0.660. The highest BCUT2D eigenvalue weighted by molar-refractivity contribution is 5.88. The molecule has 39 heavy (non-hydrogen) atoms. The Bertz CT molecular complexity index is 524. The highest BCUT2D eigenvalue weighted by atomic mass is 16.1. The predicted molar refractivity (Wildman–Crippen MR) is 174 cm³/mol.